The zero-order valence-corrected chi connectivity index (χ0v) is 13.0. The number of benzene rings is 1. The number of aromatic nitrogens is 1. The van der Waals surface area contributed by atoms with E-state index in [1.807, 2.05) is 0 Å². The first kappa shape index (κ1) is 17.5. The number of non-ortho nitro benzene ring substituents is 1. The molecular formula is C12H11N3O8S. The van der Waals surface area contributed by atoms with Crippen molar-refractivity contribution < 1.29 is 27.3 Å². The third kappa shape index (κ3) is 3.55. The van der Waals surface area contributed by atoms with Crippen LogP contribution in [0.3, 0.4) is 0 Å². The van der Waals surface area contributed by atoms with E-state index < -0.39 is 37.3 Å². The Hall–Kier alpha value is -2.86. The van der Waals surface area contributed by atoms with E-state index >= 15 is 0 Å². The van der Waals surface area contributed by atoms with Gasteiger partial charge >= 0.3 is 5.69 Å². The van der Waals surface area contributed by atoms with Crippen molar-refractivity contribution in [2.75, 3.05) is 0 Å². The van der Waals surface area contributed by atoms with Gasteiger partial charge in [0.05, 0.1) is 9.85 Å². The van der Waals surface area contributed by atoms with Crippen LogP contribution in [-0.2, 0) is 16.5 Å². The highest BCUT2D eigenvalue weighted by Gasteiger charge is 2.33. The number of nitrogens with zero attached hydrogens (tertiary/aromatic N) is 3. The third-order valence-electron chi connectivity index (χ3n) is 3.29. The van der Waals surface area contributed by atoms with Crippen LogP contribution >= 0.6 is 0 Å². The van der Waals surface area contributed by atoms with Gasteiger partial charge in [0.2, 0.25) is 5.76 Å². The lowest BCUT2D eigenvalue weighted by atomic mass is 10.1. The van der Waals surface area contributed by atoms with Crippen molar-refractivity contribution in [1.29, 1.82) is 0 Å². The zero-order valence-electron chi connectivity index (χ0n) is 12.1. The fraction of sp³-hybridized carbons (Fsp3) is 0.250. The summed E-state index contributed by atoms with van der Waals surface area (Å²) < 4.78 is 37.5. The summed E-state index contributed by atoms with van der Waals surface area (Å²) in [6.45, 7) is 1.32. The monoisotopic (exact) mass is 357 g/mol. The fourth-order valence-corrected chi connectivity index (χ4v) is 3.02. The minimum absolute atomic E-state index is 0.0199. The summed E-state index contributed by atoms with van der Waals surface area (Å²) in [7, 11) is -4.66. The second kappa shape index (κ2) is 6.33. The highest BCUT2D eigenvalue weighted by Crippen LogP contribution is 2.32. The number of hydrogen-bond donors (Lipinski definition) is 1. The van der Waals surface area contributed by atoms with Crippen molar-refractivity contribution in [1.82, 2.24) is 5.16 Å². The lowest BCUT2D eigenvalue weighted by Gasteiger charge is -2.12. The van der Waals surface area contributed by atoms with E-state index in [1.54, 1.807) is 0 Å². The fourth-order valence-electron chi connectivity index (χ4n) is 2.15. The van der Waals surface area contributed by atoms with Gasteiger partial charge in [0, 0.05) is 18.6 Å². The molecule has 0 amide bonds. The van der Waals surface area contributed by atoms with Crippen LogP contribution in [-0.4, -0.2) is 28.0 Å². The van der Waals surface area contributed by atoms with Crippen LogP contribution in [0.25, 0.3) is 0 Å². The molecule has 0 saturated carbocycles. The van der Waals surface area contributed by atoms with Gasteiger partial charge in [-0.25, -0.2) is 0 Å². The molecule has 0 saturated heterocycles. The first-order valence-electron chi connectivity index (χ1n) is 6.41. The Balaban J connectivity index is 2.44. The first-order chi connectivity index (χ1) is 11.1. The molecule has 24 heavy (non-hydrogen) atoms. The van der Waals surface area contributed by atoms with Crippen LogP contribution in [0.5, 0.6) is 0 Å². The number of nitro benzene ring substituents is 1. The van der Waals surface area contributed by atoms with Gasteiger partial charge in [-0.15, -0.1) is 0 Å². The Morgan fingerprint density at radius 2 is 1.79 bits per heavy atom. The molecule has 0 spiro atoms. The Bertz CT molecular complexity index is 888. The summed E-state index contributed by atoms with van der Waals surface area (Å²) in [4.78, 5) is 20.2. The number of hydrogen-bond acceptors (Lipinski definition) is 8. The molecule has 1 atom stereocenters. The Kier molecular flexibility index (Phi) is 4.61. The van der Waals surface area contributed by atoms with E-state index in [2.05, 4.69) is 5.16 Å². The van der Waals surface area contributed by atoms with Crippen LogP contribution in [0, 0.1) is 27.2 Å². The average Bonchev–Trinajstić information content (AvgIpc) is 2.84. The molecule has 0 radical (unpaired) electrons. The maximum atomic E-state index is 11.6. The third-order valence-corrected chi connectivity index (χ3v) is 4.45. The van der Waals surface area contributed by atoms with Crippen LogP contribution < -0.4 is 0 Å². The minimum atomic E-state index is -4.66. The Labute approximate surface area is 134 Å². The largest absolute Gasteiger partial charge is 0.354 e. The van der Waals surface area contributed by atoms with Gasteiger partial charge in [-0.3, -0.25) is 24.8 Å². The second-order valence-electron chi connectivity index (χ2n) is 4.85. The van der Waals surface area contributed by atoms with Crippen molar-refractivity contribution in [3.63, 3.8) is 0 Å². The van der Waals surface area contributed by atoms with Gasteiger partial charge in [-0.2, -0.15) is 8.42 Å². The van der Waals surface area contributed by atoms with Crippen molar-refractivity contribution >= 4 is 21.5 Å². The molecule has 0 aliphatic rings. The van der Waals surface area contributed by atoms with E-state index in [4.69, 9.17) is 4.52 Å². The molecule has 12 heteroatoms. The number of aryl methyl sites for hydroxylation is 1. The molecule has 1 aromatic heterocycles. The van der Waals surface area contributed by atoms with E-state index in [9.17, 15) is 33.2 Å². The second-order valence-corrected chi connectivity index (χ2v) is 6.45. The van der Waals surface area contributed by atoms with E-state index in [-0.39, 0.29) is 22.7 Å². The topological polar surface area (TPSA) is 167 Å². The molecule has 1 unspecified atom stereocenters. The predicted octanol–water partition coefficient (Wildman–Crippen LogP) is 1.97. The quantitative estimate of drug-likeness (QED) is 0.461. The molecule has 1 N–H and O–H groups in total. The molecule has 1 aromatic carbocycles. The van der Waals surface area contributed by atoms with Crippen LogP contribution in [0.2, 0.25) is 0 Å². The normalized spacial score (nSPS) is 12.8. The number of nitro groups is 2. The maximum Gasteiger partial charge on any atom is 0.334 e. The van der Waals surface area contributed by atoms with Crippen molar-refractivity contribution in [3.05, 3.63) is 61.5 Å². The summed E-state index contributed by atoms with van der Waals surface area (Å²) >= 11 is 0. The Morgan fingerprint density at radius 1 is 1.21 bits per heavy atom. The molecule has 2 aromatic rings. The summed E-state index contributed by atoms with van der Waals surface area (Å²) in [5.41, 5.74) is -0.765. The Morgan fingerprint density at radius 3 is 2.25 bits per heavy atom. The molecule has 0 aliphatic heterocycles. The van der Waals surface area contributed by atoms with Crippen molar-refractivity contribution in [2.45, 2.75) is 18.6 Å². The summed E-state index contributed by atoms with van der Waals surface area (Å²) in [5.74, 6) is -0.321. The van der Waals surface area contributed by atoms with Crippen LogP contribution in [0.15, 0.2) is 28.8 Å². The van der Waals surface area contributed by atoms with Gasteiger partial charge < -0.3 is 4.52 Å². The SMILES string of the molecule is Cc1noc(CC(c2ccc([N+](=O)[O-])cc2)S(=O)(=O)O)c1[N+](=O)[O-]. The summed E-state index contributed by atoms with van der Waals surface area (Å²) in [6, 6.07) is 4.42. The maximum absolute atomic E-state index is 11.6. The highest BCUT2D eigenvalue weighted by atomic mass is 32.2. The molecule has 128 valence electrons. The van der Waals surface area contributed by atoms with Gasteiger partial charge in [0.1, 0.15) is 5.25 Å². The van der Waals surface area contributed by atoms with Crippen molar-refractivity contribution in [2.24, 2.45) is 0 Å². The lowest BCUT2D eigenvalue weighted by molar-refractivity contribution is -0.386. The smallest absolute Gasteiger partial charge is 0.334 e. The zero-order chi connectivity index (χ0) is 18.1. The standard InChI is InChI=1S/C12H11N3O8S/c1-7-12(15(18)19)10(23-13-7)6-11(24(20,21)22)8-2-4-9(5-3-8)14(16)17/h2-5,11H,6H2,1H3,(H,20,21,22). The molecule has 0 bridgehead atoms. The summed E-state index contributed by atoms with van der Waals surface area (Å²) in [6.07, 6.45) is -0.548. The van der Waals surface area contributed by atoms with E-state index in [0.717, 1.165) is 24.3 Å². The first-order valence-corrected chi connectivity index (χ1v) is 7.91. The average molecular weight is 357 g/mol. The van der Waals surface area contributed by atoms with E-state index in [0.29, 0.717) is 0 Å². The van der Waals surface area contributed by atoms with Gasteiger partial charge in [-0.1, -0.05) is 17.3 Å². The van der Waals surface area contributed by atoms with Crippen LogP contribution in [0.4, 0.5) is 11.4 Å². The molecular weight excluding hydrogens is 346 g/mol. The van der Waals surface area contributed by atoms with Gasteiger partial charge in [-0.05, 0) is 12.5 Å². The van der Waals surface area contributed by atoms with Gasteiger partial charge in [0.25, 0.3) is 15.8 Å². The van der Waals surface area contributed by atoms with E-state index in [1.165, 1.54) is 6.92 Å². The molecule has 0 fully saturated rings. The molecule has 2 rings (SSSR count). The minimum Gasteiger partial charge on any atom is -0.354 e. The number of rotatable bonds is 6. The molecule has 11 nitrogen and oxygen atoms in total. The molecule has 0 aliphatic carbocycles. The van der Waals surface area contributed by atoms with Crippen molar-refractivity contribution in [3.8, 4) is 0 Å². The predicted molar refractivity (Wildman–Crippen MR) is 79.0 cm³/mol. The lowest BCUT2D eigenvalue weighted by Crippen LogP contribution is -2.15. The summed E-state index contributed by atoms with van der Waals surface area (Å²) in [5, 5.41) is 23.5. The van der Waals surface area contributed by atoms with Crippen LogP contribution in [0.1, 0.15) is 22.3 Å². The highest BCUT2D eigenvalue weighted by molar-refractivity contribution is 7.86. The van der Waals surface area contributed by atoms with Gasteiger partial charge in [0.15, 0.2) is 5.69 Å². The molecule has 1 heterocycles.